The predicted molar refractivity (Wildman–Crippen MR) is 468 cm³/mol. The fraction of sp³-hybridized carbons (Fsp3) is 0.456. The molecule has 7 fully saturated rings. The number of imidazole rings is 4. The number of hydrogen-bond donors (Lipinski definition) is 9. The molecule has 4 saturated heterocycles. The lowest BCUT2D eigenvalue weighted by Crippen LogP contribution is -2.57. The number of nitrogens with one attached hydrogen (secondary N) is 8. The Morgan fingerprint density at radius 3 is 1.25 bits per heavy atom. The summed E-state index contributed by atoms with van der Waals surface area (Å²) in [5.74, 6) is 2.24. The summed E-state index contributed by atoms with van der Waals surface area (Å²) < 4.78 is 84.0. The number of fused-ring (bicyclic) bond motifs is 4. The number of halogens is 4. The molecule has 13 aromatic rings. The average Bonchev–Trinajstić information content (AvgIpc) is 1.61. The highest BCUT2D eigenvalue weighted by Gasteiger charge is 2.57. The molecule has 4 atom stereocenters. The van der Waals surface area contributed by atoms with Crippen LogP contribution >= 0.6 is 0 Å². The van der Waals surface area contributed by atoms with Crippen LogP contribution in [0.5, 0.6) is 0 Å². The average molecular weight is 1750 g/mol. The number of alkyl halides is 3. The van der Waals surface area contributed by atoms with Crippen LogP contribution in [0.25, 0.3) is 79.2 Å². The summed E-state index contributed by atoms with van der Waals surface area (Å²) in [6.45, 7) is 6.33. The molecule has 664 valence electrons. The summed E-state index contributed by atoms with van der Waals surface area (Å²) in [6.07, 6.45) is 12.4. The van der Waals surface area contributed by atoms with Gasteiger partial charge < -0.3 is 44.6 Å². The largest absolute Gasteiger partial charge is 0.426 e. The number of amides is 4. The van der Waals surface area contributed by atoms with E-state index in [0.29, 0.717) is 137 Å². The molecule has 3 unspecified atom stereocenters. The molecule has 126 heavy (non-hydrogen) atoms. The van der Waals surface area contributed by atoms with Crippen LogP contribution < -0.4 is 22.2 Å². The first-order valence-corrected chi connectivity index (χ1v) is 45.5. The van der Waals surface area contributed by atoms with Gasteiger partial charge in [0.2, 0.25) is 45.3 Å². The number of carbonyl (C=O) groups is 3. The van der Waals surface area contributed by atoms with Crippen molar-refractivity contribution in [2.75, 3.05) is 72.7 Å². The second-order valence-electron chi connectivity index (χ2n) is 35.4. The third-order valence-electron chi connectivity index (χ3n) is 25.7. The van der Waals surface area contributed by atoms with Crippen LogP contribution in [-0.2, 0) is 45.3 Å². The highest BCUT2D eigenvalue weighted by molar-refractivity contribution is 7.88. The van der Waals surface area contributed by atoms with Crippen molar-refractivity contribution in [2.45, 2.75) is 165 Å². The molecule has 36 heteroatoms. The molecule has 0 spiro atoms. The van der Waals surface area contributed by atoms with Crippen LogP contribution in [0.1, 0.15) is 167 Å². The van der Waals surface area contributed by atoms with E-state index in [4.69, 9.17) is 0 Å². The summed E-state index contributed by atoms with van der Waals surface area (Å²) in [6, 6.07) is 36.7. The van der Waals surface area contributed by atoms with E-state index in [1.54, 1.807) is 47.0 Å². The molecule has 31 nitrogen and oxygen atoms in total. The predicted octanol–water partition coefficient (Wildman–Crippen LogP) is 12.0. The molecule has 3 saturated carbocycles. The number of nitrogens with zero attached hydrogens (tertiary/aromatic N) is 13. The number of carbonyl (C=O) groups excluding carboxylic acids is 3. The molecule has 0 bridgehead atoms. The fourth-order valence-electron chi connectivity index (χ4n) is 18.3. The molecule has 12 heterocycles. The van der Waals surface area contributed by atoms with Crippen molar-refractivity contribution in [3.8, 4) is 35.1 Å². The number of aromatic nitrogens is 16. The number of benzene rings is 5. The van der Waals surface area contributed by atoms with Crippen LogP contribution in [0, 0.1) is 29.5 Å². The van der Waals surface area contributed by atoms with Gasteiger partial charge in [0.05, 0.1) is 56.1 Å². The zero-order chi connectivity index (χ0) is 88.2. The van der Waals surface area contributed by atoms with Crippen molar-refractivity contribution in [1.82, 2.24) is 103 Å². The van der Waals surface area contributed by atoms with Gasteiger partial charge >= 0.3 is 12.2 Å². The Bertz CT molecular complexity index is 6420. The van der Waals surface area contributed by atoms with Crippen molar-refractivity contribution < 1.29 is 45.5 Å². The Hall–Kier alpha value is -12.2. The highest BCUT2D eigenvalue weighted by Crippen LogP contribution is 2.44. The maximum absolute atomic E-state index is 13.5. The smallest absolute Gasteiger partial charge is 0.373 e. The molecule has 4 aliphatic heterocycles. The SMILES string of the molecule is CC(=O)N1CCCC(Cc2c(-c3ccc(F)cc3)[nH]n(-c3nc4ccccc4[nH]3)c2=O)C1.CN(C)C(=O)N1CCCC(Cc2c(C3CC3)[nH]n(-c3nc4ccccc4[nH]3)c2=O)C1.CS(=O)(=O)N1CCCC(Cc2c(C3CC3)[nH]n(-c3nc4ccccc4[nH]3)c2=O)C1.C[C@@](O)(C(=O)N1CCC(CCc2c(C3CC3)[nH]n(-c3nc4ccccc4[nH]3)c2=O)CC1)C(F)(F)F. The summed E-state index contributed by atoms with van der Waals surface area (Å²) in [5.41, 5.74) is 10.2. The van der Waals surface area contributed by atoms with Crippen LogP contribution in [0.15, 0.2) is 141 Å². The van der Waals surface area contributed by atoms with E-state index in [1.807, 2.05) is 107 Å². The lowest BCUT2D eigenvalue weighted by Gasteiger charge is -2.36. The number of para-hydroxylation sites is 8. The van der Waals surface area contributed by atoms with Gasteiger partial charge in [-0.3, -0.25) is 49.2 Å². The molecule has 4 amide bonds. The van der Waals surface area contributed by atoms with Crippen molar-refractivity contribution in [3.05, 3.63) is 208 Å². The molecule has 3 aliphatic carbocycles. The lowest BCUT2D eigenvalue weighted by molar-refractivity contribution is -0.250. The number of piperidine rings is 4. The van der Waals surface area contributed by atoms with Crippen molar-refractivity contribution >= 4 is 72.0 Å². The number of aromatic amines is 8. The number of sulfonamides is 1. The highest BCUT2D eigenvalue weighted by atomic mass is 32.2. The topological polar surface area (TPSA) is 388 Å². The number of H-pyrrole nitrogens is 8. The quantitative estimate of drug-likeness (QED) is 0.0340. The van der Waals surface area contributed by atoms with Gasteiger partial charge in [0, 0.05) is 136 Å². The Kier molecular flexibility index (Phi) is 24.1. The Labute approximate surface area is 721 Å². The molecule has 8 aromatic heterocycles. The van der Waals surface area contributed by atoms with E-state index in [0.717, 1.165) is 179 Å². The summed E-state index contributed by atoms with van der Waals surface area (Å²) >= 11 is 0. The van der Waals surface area contributed by atoms with Crippen LogP contribution in [0.2, 0.25) is 0 Å². The minimum absolute atomic E-state index is 0.0213. The van der Waals surface area contributed by atoms with Crippen LogP contribution in [0.4, 0.5) is 22.4 Å². The molecule has 7 aliphatic rings. The van der Waals surface area contributed by atoms with Crippen molar-refractivity contribution in [1.29, 1.82) is 0 Å². The maximum atomic E-state index is 13.5. The zero-order valence-corrected chi connectivity index (χ0v) is 71.9. The maximum Gasteiger partial charge on any atom is 0.426 e. The van der Waals surface area contributed by atoms with E-state index < -0.39 is 27.7 Å². The third kappa shape index (κ3) is 18.5. The van der Waals surface area contributed by atoms with Gasteiger partial charge in [0.25, 0.3) is 28.1 Å². The van der Waals surface area contributed by atoms with Crippen molar-refractivity contribution in [3.63, 3.8) is 0 Å². The molecular formula is C90H105F4N21O10S. The number of hydrogen-bond acceptors (Lipinski definition) is 14. The first kappa shape index (κ1) is 86.0. The van der Waals surface area contributed by atoms with E-state index in [9.17, 15) is 64.6 Å². The summed E-state index contributed by atoms with van der Waals surface area (Å²) in [5, 5.41) is 22.8. The normalized spacial score (nSPS) is 19.0. The zero-order valence-electron chi connectivity index (χ0n) is 71.0. The molecular weight excluding hydrogens is 1640 g/mol. The van der Waals surface area contributed by atoms with Gasteiger partial charge in [0.1, 0.15) is 5.82 Å². The second kappa shape index (κ2) is 35.3. The molecule has 0 radical (unpaired) electrons. The van der Waals surface area contributed by atoms with E-state index in [-0.39, 0.29) is 70.8 Å². The monoisotopic (exact) mass is 1750 g/mol. The van der Waals surface area contributed by atoms with E-state index in [2.05, 4.69) is 60.3 Å². The summed E-state index contributed by atoms with van der Waals surface area (Å²) in [4.78, 5) is 128. The lowest BCUT2D eigenvalue weighted by atomic mass is 9.89. The van der Waals surface area contributed by atoms with Gasteiger partial charge in [-0.1, -0.05) is 48.5 Å². The van der Waals surface area contributed by atoms with Gasteiger partial charge in [-0.2, -0.15) is 31.9 Å². The van der Waals surface area contributed by atoms with Crippen LogP contribution in [0.3, 0.4) is 0 Å². The summed E-state index contributed by atoms with van der Waals surface area (Å²) in [7, 11) is 0.373. The number of likely N-dealkylation sites (tertiary alicyclic amines) is 3. The first-order chi connectivity index (χ1) is 60.5. The minimum atomic E-state index is -5.02. The van der Waals surface area contributed by atoms with Crippen LogP contribution in [-0.4, -0.2) is 219 Å². The van der Waals surface area contributed by atoms with Gasteiger partial charge in [-0.25, -0.2) is 41.8 Å². The number of aliphatic hydroxyl groups is 1. The molecule has 9 N–H and O–H groups in total. The van der Waals surface area contributed by atoms with Crippen molar-refractivity contribution in [2.24, 2.45) is 23.7 Å². The Morgan fingerprint density at radius 2 is 0.841 bits per heavy atom. The molecule has 20 rings (SSSR count). The fourth-order valence-corrected chi connectivity index (χ4v) is 19.2. The second-order valence-corrected chi connectivity index (χ2v) is 37.4. The third-order valence-corrected chi connectivity index (χ3v) is 27.0. The first-order valence-electron chi connectivity index (χ1n) is 43.6. The van der Waals surface area contributed by atoms with Gasteiger partial charge in [0.15, 0.2) is 0 Å². The molecule has 5 aromatic carbocycles. The number of urea groups is 1. The van der Waals surface area contributed by atoms with E-state index in [1.165, 1.54) is 32.4 Å². The van der Waals surface area contributed by atoms with Gasteiger partial charge in [-0.05, 0) is 225 Å². The Morgan fingerprint density at radius 1 is 0.468 bits per heavy atom. The standard InChI is InChI=1S/C24H28F3N5O3.C24H24FN5O2.C22H28N6O2.C20H25N5O3S/c1-23(35,24(25,26)27)21(34)31-12-10-14(11-13-31)6-9-16-19(15-7-8-15)30-32(20(16)33)22-28-17-4-2-3-5-18(17)29-22;1-15(31)29-12-4-5-16(14-29)13-19-22(17-8-10-18(25)11-9-17)28-30(23(19)32)24-26-20-6-2-3-7-21(20)27-24;1-26(2)22(30)27-11-5-6-14(13-27)12-16-19(15-9-10-15)25-28(20(16)29)21-23-17-7-3-4-8-18(17)24-21;1-29(27,28)24-10-4-5-13(12-24)11-15-18(14-8-9-14)23-25(19(15)26)20-21-16-6-2-3-7-17(16)22-20/h2-5,14-15,30,35H,6-13H2,1H3,(H,28,29);2-3,6-11,16,28H,4-5,12-14H2,1H3,(H,26,27);3-4,7-8,14-15,25H,5-6,9-13H2,1-2H3,(H,23,24);2-3,6-7,13-14,23H,4-5,8-12H2,1H3,(H,21,22)/t23-;;;/m1.../s1. The minimum Gasteiger partial charge on any atom is -0.373 e. The van der Waals surface area contributed by atoms with Gasteiger partial charge in [-0.15, -0.1) is 0 Å². The van der Waals surface area contributed by atoms with E-state index >= 15 is 0 Å². The number of rotatable bonds is 19. The Balaban J connectivity index is 0.000000119.